The van der Waals surface area contributed by atoms with Crippen LogP contribution in [0, 0.1) is 6.92 Å². The Balaban J connectivity index is 1.66. The lowest BCUT2D eigenvalue weighted by Crippen LogP contribution is -2.52. The van der Waals surface area contributed by atoms with Crippen LogP contribution in [-0.2, 0) is 16.2 Å². The van der Waals surface area contributed by atoms with Crippen LogP contribution in [0.2, 0.25) is 0 Å². The van der Waals surface area contributed by atoms with Gasteiger partial charge >= 0.3 is 0 Å². The summed E-state index contributed by atoms with van der Waals surface area (Å²) in [7, 11) is 0. The van der Waals surface area contributed by atoms with Crippen LogP contribution in [0.25, 0.3) is 0 Å². The van der Waals surface area contributed by atoms with Gasteiger partial charge in [0.05, 0.1) is 18.2 Å². The summed E-state index contributed by atoms with van der Waals surface area (Å²) in [6.07, 6.45) is 2.28. The number of benzene rings is 2. The van der Waals surface area contributed by atoms with Crippen LogP contribution in [0.15, 0.2) is 59.6 Å². The number of rotatable bonds is 11. The Hall–Kier alpha value is -2.70. The van der Waals surface area contributed by atoms with Gasteiger partial charge in [0.1, 0.15) is 5.84 Å². The molecule has 2 rings (SSSR count). The number of amides is 1. The summed E-state index contributed by atoms with van der Waals surface area (Å²) >= 11 is 0. The molecule has 168 valence electrons. The van der Waals surface area contributed by atoms with Crippen molar-refractivity contribution in [1.82, 2.24) is 10.8 Å². The fourth-order valence-electron chi connectivity index (χ4n) is 3.18. The Morgan fingerprint density at radius 2 is 1.90 bits per heavy atom. The summed E-state index contributed by atoms with van der Waals surface area (Å²) in [6, 6.07) is 18.0. The Kier molecular flexibility index (Phi) is 9.69. The average Bonchev–Trinajstić information content (AvgIpc) is 2.74. The van der Waals surface area contributed by atoms with E-state index < -0.39 is 5.54 Å². The monoisotopic (exact) mass is 424 g/mol. The van der Waals surface area contributed by atoms with E-state index in [-0.39, 0.29) is 11.9 Å². The summed E-state index contributed by atoms with van der Waals surface area (Å²) in [4.78, 5) is 22.6. The number of hydrogen-bond donors (Lipinski definition) is 3. The SMILES string of the molecule is CC(=NCCCCC(C)(N)C(=O)NC(C)c1cccc(C)c1)NOCc1ccccc1. The predicted molar refractivity (Wildman–Crippen MR) is 127 cm³/mol. The van der Waals surface area contributed by atoms with E-state index in [1.165, 1.54) is 5.56 Å². The second-order valence-electron chi connectivity index (χ2n) is 8.33. The number of carbonyl (C=O) groups is 1. The van der Waals surface area contributed by atoms with Crippen molar-refractivity contribution in [1.29, 1.82) is 0 Å². The van der Waals surface area contributed by atoms with Crippen LogP contribution in [0.4, 0.5) is 0 Å². The van der Waals surface area contributed by atoms with E-state index in [0.717, 1.165) is 29.8 Å². The molecule has 1 amide bonds. The second-order valence-corrected chi connectivity index (χ2v) is 8.33. The van der Waals surface area contributed by atoms with Crippen molar-refractivity contribution in [2.45, 2.75) is 65.1 Å². The van der Waals surface area contributed by atoms with Crippen molar-refractivity contribution in [3.63, 3.8) is 0 Å². The minimum Gasteiger partial charge on any atom is -0.348 e. The number of hydroxylamine groups is 1. The van der Waals surface area contributed by atoms with E-state index in [1.807, 2.05) is 69.3 Å². The van der Waals surface area contributed by atoms with E-state index in [9.17, 15) is 4.79 Å². The Labute approximate surface area is 186 Å². The van der Waals surface area contributed by atoms with Gasteiger partial charge in [0, 0.05) is 6.54 Å². The Morgan fingerprint density at radius 3 is 2.61 bits per heavy atom. The maximum atomic E-state index is 12.7. The van der Waals surface area contributed by atoms with Crippen molar-refractivity contribution < 1.29 is 9.63 Å². The van der Waals surface area contributed by atoms with Gasteiger partial charge in [-0.2, -0.15) is 0 Å². The van der Waals surface area contributed by atoms with Crippen molar-refractivity contribution in [2.24, 2.45) is 10.7 Å². The molecule has 0 bridgehead atoms. The molecule has 0 heterocycles. The number of unbranched alkanes of at least 4 members (excludes halogenated alkanes) is 1. The summed E-state index contributed by atoms with van der Waals surface area (Å²) in [5.41, 5.74) is 11.6. The Bertz CT molecular complexity index is 850. The zero-order valence-corrected chi connectivity index (χ0v) is 19.2. The van der Waals surface area contributed by atoms with Gasteiger partial charge < -0.3 is 11.1 Å². The van der Waals surface area contributed by atoms with Gasteiger partial charge in [0.15, 0.2) is 0 Å². The normalized spacial score (nSPS) is 14.5. The molecule has 0 aromatic heterocycles. The molecule has 2 aromatic carbocycles. The number of nitrogens with two attached hydrogens (primary N) is 1. The molecule has 0 aliphatic heterocycles. The molecule has 2 unspecified atom stereocenters. The molecule has 0 saturated carbocycles. The van der Waals surface area contributed by atoms with Crippen LogP contribution < -0.4 is 16.5 Å². The van der Waals surface area contributed by atoms with Gasteiger partial charge in [-0.25, -0.2) is 0 Å². The third-order valence-corrected chi connectivity index (χ3v) is 5.16. The molecule has 2 atom stereocenters. The largest absolute Gasteiger partial charge is 0.348 e. The molecule has 6 heteroatoms. The lowest BCUT2D eigenvalue weighted by Gasteiger charge is -2.26. The maximum Gasteiger partial charge on any atom is 0.240 e. The van der Waals surface area contributed by atoms with E-state index in [2.05, 4.69) is 21.9 Å². The first-order valence-electron chi connectivity index (χ1n) is 10.9. The number of carbonyl (C=O) groups excluding carboxylic acids is 1. The standard InChI is InChI=1S/C25H36N4O2/c1-19-11-10-14-23(17-19)20(2)28-24(30)25(4,26)15-8-9-16-27-21(3)29-31-18-22-12-6-5-7-13-22/h5-7,10-14,17,20H,8-9,15-16,18,26H2,1-4H3,(H,27,29)(H,28,30). The lowest BCUT2D eigenvalue weighted by molar-refractivity contribution is -0.126. The third-order valence-electron chi connectivity index (χ3n) is 5.16. The van der Waals surface area contributed by atoms with Gasteiger partial charge in [0.2, 0.25) is 5.91 Å². The van der Waals surface area contributed by atoms with Gasteiger partial charge in [-0.1, -0.05) is 60.2 Å². The first-order valence-corrected chi connectivity index (χ1v) is 10.9. The summed E-state index contributed by atoms with van der Waals surface area (Å²) < 4.78 is 0. The molecule has 0 saturated heterocycles. The van der Waals surface area contributed by atoms with Crippen molar-refractivity contribution in [3.8, 4) is 0 Å². The minimum absolute atomic E-state index is 0.0792. The van der Waals surface area contributed by atoms with Crippen molar-refractivity contribution >= 4 is 11.7 Å². The molecular formula is C25H36N4O2. The highest BCUT2D eigenvalue weighted by molar-refractivity contribution is 5.85. The van der Waals surface area contributed by atoms with E-state index in [1.54, 1.807) is 6.92 Å². The fraction of sp³-hybridized carbons (Fsp3) is 0.440. The zero-order chi connectivity index (χ0) is 22.7. The van der Waals surface area contributed by atoms with Crippen molar-refractivity contribution in [2.75, 3.05) is 6.54 Å². The minimum atomic E-state index is -0.909. The number of aliphatic imine (C=N–C) groups is 1. The quantitative estimate of drug-likeness (QED) is 0.218. The first kappa shape index (κ1) is 24.6. The van der Waals surface area contributed by atoms with E-state index in [4.69, 9.17) is 10.6 Å². The molecule has 2 aromatic rings. The molecule has 0 aliphatic carbocycles. The molecule has 31 heavy (non-hydrogen) atoms. The highest BCUT2D eigenvalue weighted by Crippen LogP contribution is 2.17. The highest BCUT2D eigenvalue weighted by Gasteiger charge is 2.28. The number of nitrogens with one attached hydrogen (secondary N) is 2. The zero-order valence-electron chi connectivity index (χ0n) is 19.2. The summed E-state index contributed by atoms with van der Waals surface area (Å²) in [6.45, 7) is 8.82. The number of aryl methyl sites for hydroxylation is 1. The molecule has 0 fully saturated rings. The van der Waals surface area contributed by atoms with E-state index >= 15 is 0 Å². The topological polar surface area (TPSA) is 88.7 Å². The van der Waals surface area contributed by atoms with Crippen molar-refractivity contribution in [3.05, 3.63) is 71.3 Å². The van der Waals surface area contributed by atoms with Crippen LogP contribution in [-0.4, -0.2) is 23.8 Å². The molecule has 4 N–H and O–H groups in total. The predicted octanol–water partition coefficient (Wildman–Crippen LogP) is 4.20. The number of nitrogens with zero attached hydrogens (tertiary/aromatic N) is 1. The molecule has 0 aliphatic rings. The third kappa shape index (κ3) is 8.90. The highest BCUT2D eigenvalue weighted by atomic mass is 16.6. The summed E-state index contributed by atoms with van der Waals surface area (Å²) in [5, 5.41) is 3.04. The average molecular weight is 425 g/mol. The number of amidine groups is 1. The van der Waals surface area contributed by atoms with Gasteiger partial charge in [-0.05, 0) is 58.1 Å². The Morgan fingerprint density at radius 1 is 1.16 bits per heavy atom. The smallest absolute Gasteiger partial charge is 0.240 e. The maximum absolute atomic E-state index is 12.7. The van der Waals surface area contributed by atoms with Gasteiger partial charge in [0.25, 0.3) is 0 Å². The fourth-order valence-corrected chi connectivity index (χ4v) is 3.18. The van der Waals surface area contributed by atoms with E-state index in [0.29, 0.717) is 19.6 Å². The second kappa shape index (κ2) is 12.2. The molecular weight excluding hydrogens is 388 g/mol. The van der Waals surface area contributed by atoms with Crippen LogP contribution >= 0.6 is 0 Å². The first-order chi connectivity index (χ1) is 14.8. The molecule has 0 spiro atoms. The summed E-state index contributed by atoms with van der Waals surface area (Å²) in [5.74, 6) is 0.605. The van der Waals surface area contributed by atoms with Gasteiger partial charge in [-0.15, -0.1) is 0 Å². The number of hydrogen-bond acceptors (Lipinski definition) is 4. The lowest BCUT2D eigenvalue weighted by atomic mass is 9.94. The molecule has 6 nitrogen and oxygen atoms in total. The van der Waals surface area contributed by atoms with Crippen LogP contribution in [0.5, 0.6) is 0 Å². The van der Waals surface area contributed by atoms with Crippen LogP contribution in [0.1, 0.15) is 62.8 Å². The molecule has 0 radical (unpaired) electrons. The van der Waals surface area contributed by atoms with Crippen LogP contribution in [0.3, 0.4) is 0 Å². The van der Waals surface area contributed by atoms with Gasteiger partial charge in [-0.3, -0.25) is 20.1 Å².